The van der Waals surface area contributed by atoms with Gasteiger partial charge < -0.3 is 19.0 Å². The van der Waals surface area contributed by atoms with Crippen LogP contribution in [0.5, 0.6) is 11.5 Å². The lowest BCUT2D eigenvalue weighted by atomic mass is 10.2. The molecule has 1 N–H and O–H groups in total. The van der Waals surface area contributed by atoms with Crippen LogP contribution < -0.4 is 10.4 Å². The van der Waals surface area contributed by atoms with Gasteiger partial charge in [0, 0.05) is 7.11 Å². The van der Waals surface area contributed by atoms with E-state index >= 15 is 0 Å². The quantitative estimate of drug-likeness (QED) is 0.629. The molecule has 1 aromatic carbocycles. The normalized spacial score (nSPS) is 10.6. The van der Waals surface area contributed by atoms with Crippen molar-refractivity contribution in [3.05, 3.63) is 34.7 Å². The van der Waals surface area contributed by atoms with Gasteiger partial charge in [-0.05, 0) is 12.1 Å². The summed E-state index contributed by atoms with van der Waals surface area (Å²) in [4.78, 5) is 11.1. The molecule has 2 rings (SSSR count). The maximum atomic E-state index is 11.1. The molecule has 0 spiro atoms. The summed E-state index contributed by atoms with van der Waals surface area (Å²) in [5.41, 5.74) is -0.414. The SMILES string of the molecule is COCOc1cccc2c(O)cc(=O)oc12. The van der Waals surface area contributed by atoms with Gasteiger partial charge in [-0.1, -0.05) is 6.07 Å². The van der Waals surface area contributed by atoms with Crippen LogP contribution in [0.2, 0.25) is 0 Å². The molecular weight excluding hydrogens is 212 g/mol. The molecule has 0 fully saturated rings. The fourth-order valence-electron chi connectivity index (χ4n) is 1.38. The molecule has 0 amide bonds. The first-order valence-corrected chi connectivity index (χ1v) is 4.60. The van der Waals surface area contributed by atoms with Gasteiger partial charge in [0.1, 0.15) is 5.75 Å². The molecule has 84 valence electrons. The molecule has 0 atom stereocenters. The predicted molar refractivity (Wildman–Crippen MR) is 56.7 cm³/mol. The Balaban J connectivity index is 2.62. The molecule has 1 aromatic heterocycles. The summed E-state index contributed by atoms with van der Waals surface area (Å²) in [5.74, 6) is 0.224. The van der Waals surface area contributed by atoms with E-state index in [1.165, 1.54) is 7.11 Å². The lowest BCUT2D eigenvalue weighted by molar-refractivity contribution is 0.0514. The molecule has 5 heteroatoms. The van der Waals surface area contributed by atoms with Gasteiger partial charge in [0.25, 0.3) is 0 Å². The number of benzene rings is 1. The average molecular weight is 222 g/mol. The molecule has 0 aliphatic rings. The van der Waals surface area contributed by atoms with Crippen molar-refractivity contribution in [2.24, 2.45) is 0 Å². The Morgan fingerprint density at radius 1 is 1.44 bits per heavy atom. The van der Waals surface area contributed by atoms with Crippen molar-refractivity contribution in [2.75, 3.05) is 13.9 Å². The number of hydrogen-bond donors (Lipinski definition) is 1. The predicted octanol–water partition coefficient (Wildman–Crippen LogP) is 1.48. The molecule has 0 saturated heterocycles. The van der Waals surface area contributed by atoms with Crippen LogP contribution in [-0.4, -0.2) is 19.0 Å². The van der Waals surface area contributed by atoms with Gasteiger partial charge in [-0.3, -0.25) is 0 Å². The molecule has 0 aliphatic heterocycles. The van der Waals surface area contributed by atoms with E-state index in [1.54, 1.807) is 18.2 Å². The minimum atomic E-state index is -0.626. The van der Waals surface area contributed by atoms with Gasteiger partial charge in [0.15, 0.2) is 18.1 Å². The Hall–Kier alpha value is -2.01. The summed E-state index contributed by atoms with van der Waals surface area (Å²) in [6, 6.07) is 5.96. The zero-order chi connectivity index (χ0) is 11.5. The van der Waals surface area contributed by atoms with E-state index in [-0.39, 0.29) is 18.1 Å². The summed E-state index contributed by atoms with van der Waals surface area (Å²) < 4.78 is 14.9. The third kappa shape index (κ3) is 1.85. The number of ether oxygens (including phenoxy) is 2. The fraction of sp³-hybridized carbons (Fsp3) is 0.182. The molecule has 1 heterocycles. The number of para-hydroxylation sites is 1. The molecule has 0 unspecified atom stereocenters. The van der Waals surface area contributed by atoms with Gasteiger partial charge in [0.2, 0.25) is 0 Å². The zero-order valence-electron chi connectivity index (χ0n) is 8.60. The van der Waals surface area contributed by atoms with Crippen molar-refractivity contribution in [1.29, 1.82) is 0 Å². The van der Waals surface area contributed by atoms with Gasteiger partial charge in [-0.25, -0.2) is 4.79 Å². The van der Waals surface area contributed by atoms with Gasteiger partial charge >= 0.3 is 5.63 Å². The first-order valence-electron chi connectivity index (χ1n) is 4.60. The molecule has 0 bridgehead atoms. The number of methoxy groups -OCH3 is 1. The zero-order valence-corrected chi connectivity index (χ0v) is 8.60. The number of fused-ring (bicyclic) bond motifs is 1. The minimum Gasteiger partial charge on any atom is -0.507 e. The van der Waals surface area contributed by atoms with Crippen LogP contribution >= 0.6 is 0 Å². The van der Waals surface area contributed by atoms with Crippen molar-refractivity contribution in [3.63, 3.8) is 0 Å². The Bertz CT molecular complexity index is 558. The maximum Gasteiger partial charge on any atom is 0.340 e. The highest BCUT2D eigenvalue weighted by atomic mass is 16.7. The molecule has 0 radical (unpaired) electrons. The van der Waals surface area contributed by atoms with Crippen molar-refractivity contribution < 1.29 is 19.0 Å². The summed E-state index contributed by atoms with van der Waals surface area (Å²) in [6.07, 6.45) is 0. The second-order valence-electron chi connectivity index (χ2n) is 3.13. The van der Waals surface area contributed by atoms with Gasteiger partial charge in [0.05, 0.1) is 11.5 Å². The molecule has 0 saturated carbocycles. The topological polar surface area (TPSA) is 68.9 Å². The van der Waals surface area contributed by atoms with Crippen molar-refractivity contribution >= 4 is 11.0 Å². The highest BCUT2D eigenvalue weighted by Crippen LogP contribution is 2.29. The summed E-state index contributed by atoms with van der Waals surface area (Å²) in [5, 5.41) is 9.98. The Labute approximate surface area is 90.8 Å². The highest BCUT2D eigenvalue weighted by molar-refractivity contribution is 5.87. The summed E-state index contributed by atoms with van der Waals surface area (Å²) in [7, 11) is 1.48. The third-order valence-corrected chi connectivity index (χ3v) is 2.04. The van der Waals surface area contributed by atoms with E-state index in [1.807, 2.05) is 0 Å². The Kier molecular flexibility index (Phi) is 2.78. The Morgan fingerprint density at radius 2 is 2.25 bits per heavy atom. The van der Waals surface area contributed by atoms with Crippen LogP contribution in [0.15, 0.2) is 33.5 Å². The molecule has 0 aliphatic carbocycles. The largest absolute Gasteiger partial charge is 0.507 e. The smallest absolute Gasteiger partial charge is 0.340 e. The van der Waals surface area contributed by atoms with E-state index in [0.717, 1.165) is 6.07 Å². The molecular formula is C11H10O5. The van der Waals surface area contributed by atoms with Crippen LogP contribution in [0.4, 0.5) is 0 Å². The number of hydrogen-bond acceptors (Lipinski definition) is 5. The molecule has 16 heavy (non-hydrogen) atoms. The van der Waals surface area contributed by atoms with Gasteiger partial charge in [-0.2, -0.15) is 0 Å². The third-order valence-electron chi connectivity index (χ3n) is 2.04. The van der Waals surface area contributed by atoms with Gasteiger partial charge in [-0.15, -0.1) is 0 Å². The van der Waals surface area contributed by atoms with Crippen molar-refractivity contribution in [1.82, 2.24) is 0 Å². The first kappa shape index (κ1) is 10.5. The van der Waals surface area contributed by atoms with E-state index in [9.17, 15) is 9.90 Å². The van der Waals surface area contributed by atoms with E-state index in [0.29, 0.717) is 11.1 Å². The fourth-order valence-corrected chi connectivity index (χ4v) is 1.38. The van der Waals surface area contributed by atoms with Crippen LogP contribution in [-0.2, 0) is 4.74 Å². The monoisotopic (exact) mass is 222 g/mol. The lowest BCUT2D eigenvalue weighted by Crippen LogP contribution is -2.01. The van der Waals surface area contributed by atoms with Crippen LogP contribution in [0.3, 0.4) is 0 Å². The maximum absolute atomic E-state index is 11.1. The van der Waals surface area contributed by atoms with Crippen molar-refractivity contribution in [2.45, 2.75) is 0 Å². The Morgan fingerprint density at radius 3 is 3.00 bits per heavy atom. The molecule has 2 aromatic rings. The van der Waals surface area contributed by atoms with Crippen molar-refractivity contribution in [3.8, 4) is 11.5 Å². The minimum absolute atomic E-state index is 0.0402. The highest BCUT2D eigenvalue weighted by Gasteiger charge is 2.09. The summed E-state index contributed by atoms with van der Waals surface area (Å²) >= 11 is 0. The van der Waals surface area contributed by atoms with E-state index < -0.39 is 5.63 Å². The van der Waals surface area contributed by atoms with E-state index in [2.05, 4.69) is 0 Å². The lowest BCUT2D eigenvalue weighted by Gasteiger charge is -2.07. The number of aromatic hydroxyl groups is 1. The second kappa shape index (κ2) is 4.24. The van der Waals surface area contributed by atoms with Crippen LogP contribution in [0, 0.1) is 0 Å². The standard InChI is InChI=1S/C11H10O5/c1-14-6-15-9-4-2-3-7-8(12)5-10(13)16-11(7)9/h2-5,12H,6H2,1H3. The average Bonchev–Trinajstić information content (AvgIpc) is 2.26. The first-order chi connectivity index (χ1) is 7.72. The van der Waals surface area contributed by atoms with Crippen LogP contribution in [0.1, 0.15) is 0 Å². The van der Waals surface area contributed by atoms with E-state index in [4.69, 9.17) is 13.9 Å². The molecule has 5 nitrogen and oxygen atoms in total. The number of rotatable bonds is 3. The second-order valence-corrected chi connectivity index (χ2v) is 3.13. The van der Waals surface area contributed by atoms with Crippen LogP contribution in [0.25, 0.3) is 11.0 Å². The summed E-state index contributed by atoms with van der Waals surface area (Å²) in [6.45, 7) is 0.0402.